The van der Waals surface area contributed by atoms with Gasteiger partial charge >= 0.3 is 5.97 Å². The van der Waals surface area contributed by atoms with Gasteiger partial charge in [0.25, 0.3) is 0 Å². The van der Waals surface area contributed by atoms with E-state index in [1.54, 1.807) is 36.4 Å². The van der Waals surface area contributed by atoms with E-state index in [1.165, 1.54) is 0 Å². The van der Waals surface area contributed by atoms with Gasteiger partial charge in [-0.1, -0.05) is 31.5 Å². The second-order valence-corrected chi connectivity index (χ2v) is 6.97. The molecule has 0 N–H and O–H groups in total. The van der Waals surface area contributed by atoms with E-state index in [9.17, 15) is 9.59 Å². The van der Waals surface area contributed by atoms with Gasteiger partial charge < -0.3 is 9.47 Å². The molecule has 2 aromatic rings. The molecule has 0 saturated carbocycles. The van der Waals surface area contributed by atoms with E-state index in [2.05, 4.69) is 22.9 Å². The summed E-state index contributed by atoms with van der Waals surface area (Å²) in [6.07, 6.45) is 1.56. The lowest BCUT2D eigenvalue weighted by Gasteiger charge is -2.13. The summed E-state index contributed by atoms with van der Waals surface area (Å²) in [6.45, 7) is 2.09. The summed E-state index contributed by atoms with van der Waals surface area (Å²) in [4.78, 5) is 24.4. The smallest absolute Gasteiger partial charge is 0.339 e. The molecule has 5 heteroatoms. The number of benzene rings is 2. The second kappa shape index (κ2) is 7.83. The zero-order chi connectivity index (χ0) is 17.8. The maximum atomic E-state index is 12.5. The van der Waals surface area contributed by atoms with Crippen LogP contribution < -0.4 is 4.74 Å². The van der Waals surface area contributed by atoms with Crippen molar-refractivity contribution in [1.29, 1.82) is 0 Å². The molecular weight excluding hydrogens is 384 g/mol. The average Bonchev–Trinajstić information content (AvgIpc) is 2.92. The fourth-order valence-electron chi connectivity index (χ4n) is 2.81. The van der Waals surface area contributed by atoms with Crippen molar-refractivity contribution in [2.75, 3.05) is 0 Å². The number of fused-ring (bicyclic) bond motifs is 1. The number of carbonyl (C=O) groups excluding carboxylic acids is 2. The average molecular weight is 403 g/mol. The third-order valence-electron chi connectivity index (χ3n) is 4.10. The number of halogens is 1. The number of cyclic esters (lactones) is 1. The van der Waals surface area contributed by atoms with Crippen LogP contribution in [0.3, 0.4) is 0 Å². The Morgan fingerprint density at radius 1 is 1.20 bits per heavy atom. The number of hydrogen-bond donors (Lipinski definition) is 0. The van der Waals surface area contributed by atoms with Crippen LogP contribution in [0.2, 0.25) is 0 Å². The van der Waals surface area contributed by atoms with Gasteiger partial charge in [-0.15, -0.1) is 0 Å². The number of ketones is 1. The summed E-state index contributed by atoms with van der Waals surface area (Å²) in [5.74, 6) is 0.283. The standard InChI is InChI=1S/C20H19BrO4/c1-2-5-19(21)24-14-10-8-13(9-11-14)17(22)12-18-15-6-3-4-7-16(15)20(23)25-18/h3-4,6-11,18-19H,2,5,12H2,1H3. The molecule has 0 saturated heterocycles. The maximum absolute atomic E-state index is 12.5. The van der Waals surface area contributed by atoms with E-state index < -0.39 is 6.10 Å². The van der Waals surface area contributed by atoms with Gasteiger partial charge in [0.05, 0.1) is 12.0 Å². The van der Waals surface area contributed by atoms with Gasteiger partial charge in [-0.05, 0) is 52.7 Å². The van der Waals surface area contributed by atoms with Crippen LogP contribution in [0, 0.1) is 0 Å². The van der Waals surface area contributed by atoms with E-state index in [1.807, 2.05) is 12.1 Å². The predicted octanol–water partition coefficient (Wildman–Crippen LogP) is 5.07. The second-order valence-electron chi connectivity index (χ2n) is 5.95. The first-order valence-corrected chi connectivity index (χ1v) is 9.24. The molecular formula is C20H19BrO4. The first kappa shape index (κ1) is 17.7. The Balaban J connectivity index is 1.65. The van der Waals surface area contributed by atoms with Crippen LogP contribution in [0.4, 0.5) is 0 Å². The normalized spacial score (nSPS) is 16.9. The molecule has 1 heterocycles. The summed E-state index contributed by atoms with van der Waals surface area (Å²) >= 11 is 3.46. The molecule has 0 bridgehead atoms. The number of rotatable bonds is 7. The van der Waals surface area contributed by atoms with Crippen LogP contribution in [0.1, 0.15) is 58.6 Å². The van der Waals surface area contributed by atoms with Gasteiger partial charge in [0.1, 0.15) is 11.9 Å². The zero-order valence-electron chi connectivity index (χ0n) is 13.9. The van der Waals surface area contributed by atoms with Crippen molar-refractivity contribution in [2.24, 2.45) is 0 Å². The first-order chi connectivity index (χ1) is 12.1. The molecule has 0 aromatic heterocycles. The quantitative estimate of drug-likeness (QED) is 0.368. The molecule has 4 nitrogen and oxygen atoms in total. The number of esters is 1. The Bertz CT molecular complexity index is 770. The van der Waals surface area contributed by atoms with Crippen molar-refractivity contribution in [2.45, 2.75) is 37.3 Å². The van der Waals surface area contributed by atoms with Crippen LogP contribution in [0.25, 0.3) is 0 Å². The molecule has 25 heavy (non-hydrogen) atoms. The number of Topliss-reactive ketones (excluding diaryl/α,β-unsaturated/α-hetero) is 1. The molecule has 2 aromatic carbocycles. The minimum Gasteiger partial charge on any atom is -0.479 e. The number of hydrogen-bond acceptors (Lipinski definition) is 4. The van der Waals surface area contributed by atoms with Crippen molar-refractivity contribution in [3.05, 3.63) is 65.2 Å². The van der Waals surface area contributed by atoms with Crippen molar-refractivity contribution >= 4 is 27.7 Å². The van der Waals surface area contributed by atoms with Crippen LogP contribution in [-0.2, 0) is 4.74 Å². The highest BCUT2D eigenvalue weighted by atomic mass is 79.9. The zero-order valence-corrected chi connectivity index (χ0v) is 15.5. The van der Waals surface area contributed by atoms with Crippen molar-refractivity contribution in [1.82, 2.24) is 0 Å². The molecule has 2 unspecified atom stereocenters. The molecule has 0 amide bonds. The number of ether oxygens (including phenoxy) is 2. The van der Waals surface area contributed by atoms with Gasteiger partial charge in [-0.2, -0.15) is 0 Å². The van der Waals surface area contributed by atoms with Gasteiger partial charge in [-0.3, -0.25) is 4.79 Å². The summed E-state index contributed by atoms with van der Waals surface area (Å²) in [5, 5.41) is -0.0338. The van der Waals surface area contributed by atoms with Gasteiger partial charge in [0, 0.05) is 11.1 Å². The van der Waals surface area contributed by atoms with E-state index in [0.29, 0.717) is 16.9 Å². The fourth-order valence-corrected chi connectivity index (χ4v) is 3.48. The summed E-state index contributed by atoms with van der Waals surface area (Å²) in [5.41, 5.74) is 1.90. The van der Waals surface area contributed by atoms with Crippen LogP contribution >= 0.6 is 15.9 Å². The highest BCUT2D eigenvalue weighted by Crippen LogP contribution is 2.33. The molecule has 0 radical (unpaired) electrons. The van der Waals surface area contributed by atoms with Gasteiger partial charge in [-0.25, -0.2) is 4.79 Å². The Morgan fingerprint density at radius 2 is 1.92 bits per heavy atom. The number of alkyl halides is 1. The Morgan fingerprint density at radius 3 is 2.64 bits per heavy atom. The Labute approximate surface area is 155 Å². The first-order valence-electron chi connectivity index (χ1n) is 8.32. The van der Waals surface area contributed by atoms with E-state index in [-0.39, 0.29) is 23.2 Å². The largest absolute Gasteiger partial charge is 0.479 e. The maximum Gasteiger partial charge on any atom is 0.339 e. The molecule has 1 aliphatic heterocycles. The third kappa shape index (κ3) is 4.10. The van der Waals surface area contributed by atoms with Crippen LogP contribution in [0.5, 0.6) is 5.75 Å². The molecule has 1 aliphatic rings. The molecule has 3 rings (SSSR count). The lowest BCUT2D eigenvalue weighted by atomic mass is 9.98. The highest BCUT2D eigenvalue weighted by Gasteiger charge is 2.32. The molecule has 0 spiro atoms. The van der Waals surface area contributed by atoms with E-state index >= 15 is 0 Å². The third-order valence-corrected chi connectivity index (χ3v) is 4.75. The fraction of sp³-hybridized carbons (Fsp3) is 0.300. The minimum atomic E-state index is -0.511. The molecule has 2 atom stereocenters. The monoisotopic (exact) mass is 402 g/mol. The number of carbonyl (C=O) groups is 2. The molecule has 0 aliphatic carbocycles. The van der Waals surface area contributed by atoms with Crippen molar-refractivity contribution in [3.63, 3.8) is 0 Å². The summed E-state index contributed by atoms with van der Waals surface area (Å²) in [6, 6.07) is 14.2. The lowest BCUT2D eigenvalue weighted by molar-refractivity contribution is 0.0367. The van der Waals surface area contributed by atoms with E-state index in [0.717, 1.165) is 18.4 Å². The summed E-state index contributed by atoms with van der Waals surface area (Å²) in [7, 11) is 0. The molecule has 0 fully saturated rings. The highest BCUT2D eigenvalue weighted by molar-refractivity contribution is 9.09. The Kier molecular flexibility index (Phi) is 5.53. The predicted molar refractivity (Wildman–Crippen MR) is 98.2 cm³/mol. The van der Waals surface area contributed by atoms with Gasteiger partial charge in [0.15, 0.2) is 10.8 Å². The Hall–Kier alpha value is -2.14. The minimum absolute atomic E-state index is 0.0338. The van der Waals surface area contributed by atoms with Gasteiger partial charge in [0.2, 0.25) is 0 Å². The van der Waals surface area contributed by atoms with Crippen LogP contribution in [0.15, 0.2) is 48.5 Å². The summed E-state index contributed by atoms with van der Waals surface area (Å²) < 4.78 is 11.1. The van der Waals surface area contributed by atoms with Crippen LogP contribution in [-0.4, -0.2) is 16.8 Å². The van der Waals surface area contributed by atoms with Crippen molar-refractivity contribution < 1.29 is 19.1 Å². The molecule has 130 valence electrons. The van der Waals surface area contributed by atoms with E-state index in [4.69, 9.17) is 9.47 Å². The lowest BCUT2D eigenvalue weighted by Crippen LogP contribution is -2.09. The SMILES string of the molecule is CCCC(Br)Oc1ccc(C(=O)CC2OC(=O)c3ccccc32)cc1. The topological polar surface area (TPSA) is 52.6 Å². The van der Waals surface area contributed by atoms with Crippen molar-refractivity contribution in [3.8, 4) is 5.75 Å².